The molecule has 1 aromatic carbocycles. The Hall–Kier alpha value is 0.1000. The zero-order valence-electron chi connectivity index (χ0n) is 9.88. The van der Waals surface area contributed by atoms with Crippen molar-refractivity contribution in [2.24, 2.45) is 5.92 Å². The van der Waals surface area contributed by atoms with Gasteiger partial charge in [-0.15, -0.1) is 0 Å². The fraction of sp³-hybridized carbons (Fsp3) is 0.538. The average molecular weight is 363 g/mol. The Morgan fingerprint density at radius 1 is 1.35 bits per heavy atom. The van der Waals surface area contributed by atoms with Crippen molar-refractivity contribution >= 4 is 31.9 Å². The number of nitrogens with one attached hydrogen (secondary N) is 1. The molecule has 0 spiro atoms. The summed E-state index contributed by atoms with van der Waals surface area (Å²) in [6.45, 7) is 2.84. The molecule has 1 aliphatic rings. The van der Waals surface area contributed by atoms with Gasteiger partial charge in [0.1, 0.15) is 0 Å². The van der Waals surface area contributed by atoms with Gasteiger partial charge < -0.3 is 10.1 Å². The number of rotatable bonds is 6. The number of hydrogen-bond acceptors (Lipinski definition) is 2. The second-order valence-electron chi connectivity index (χ2n) is 4.47. The van der Waals surface area contributed by atoms with Crippen LogP contribution in [0.2, 0.25) is 0 Å². The first-order chi connectivity index (χ1) is 8.22. The molecule has 1 saturated carbocycles. The Morgan fingerprint density at radius 3 is 2.88 bits per heavy atom. The van der Waals surface area contributed by atoms with E-state index in [1.165, 1.54) is 12.0 Å². The van der Waals surface area contributed by atoms with Crippen molar-refractivity contribution < 1.29 is 4.74 Å². The van der Waals surface area contributed by atoms with Gasteiger partial charge in [-0.3, -0.25) is 0 Å². The molecular formula is C13H17Br2NO. The lowest BCUT2D eigenvalue weighted by molar-refractivity contribution is 0.199. The number of halogens is 2. The van der Waals surface area contributed by atoms with Crippen molar-refractivity contribution in [1.82, 2.24) is 5.32 Å². The number of benzene rings is 1. The van der Waals surface area contributed by atoms with Crippen LogP contribution < -0.4 is 5.32 Å². The standard InChI is InChI=1S/C13H17Br2NO/c1-17-5-4-16-8-10-6-11(10)9-2-3-12(14)13(15)7-9/h2-3,7,10-11,16H,4-6,8H2,1H3. The third kappa shape index (κ3) is 3.78. The summed E-state index contributed by atoms with van der Waals surface area (Å²) in [7, 11) is 1.74. The van der Waals surface area contributed by atoms with Crippen LogP contribution in [0.4, 0.5) is 0 Å². The summed E-state index contributed by atoms with van der Waals surface area (Å²) in [5.41, 5.74) is 1.44. The normalized spacial score (nSPS) is 22.8. The molecule has 0 bridgehead atoms. The van der Waals surface area contributed by atoms with Gasteiger partial charge in [-0.05, 0) is 74.4 Å². The van der Waals surface area contributed by atoms with Gasteiger partial charge in [-0.25, -0.2) is 0 Å². The number of ether oxygens (including phenoxy) is 1. The number of hydrogen-bond donors (Lipinski definition) is 1. The number of methoxy groups -OCH3 is 1. The van der Waals surface area contributed by atoms with Crippen LogP contribution in [0.25, 0.3) is 0 Å². The Bertz CT molecular complexity index is 384. The Kier molecular flexibility index (Phi) is 5.03. The molecule has 0 heterocycles. The fourth-order valence-corrected chi connectivity index (χ4v) is 2.73. The van der Waals surface area contributed by atoms with Gasteiger partial charge in [0.25, 0.3) is 0 Å². The fourth-order valence-electron chi connectivity index (χ4n) is 2.09. The van der Waals surface area contributed by atoms with Crippen molar-refractivity contribution in [3.8, 4) is 0 Å². The molecule has 0 aromatic heterocycles. The summed E-state index contributed by atoms with van der Waals surface area (Å²) in [5, 5.41) is 3.43. The van der Waals surface area contributed by atoms with Gasteiger partial charge >= 0.3 is 0 Å². The van der Waals surface area contributed by atoms with E-state index in [0.29, 0.717) is 0 Å². The molecule has 17 heavy (non-hydrogen) atoms. The van der Waals surface area contributed by atoms with Crippen molar-refractivity contribution in [2.45, 2.75) is 12.3 Å². The summed E-state index contributed by atoms with van der Waals surface area (Å²) in [6.07, 6.45) is 1.30. The molecule has 1 fully saturated rings. The smallest absolute Gasteiger partial charge is 0.0587 e. The van der Waals surface area contributed by atoms with E-state index in [2.05, 4.69) is 55.4 Å². The molecule has 4 heteroatoms. The third-order valence-corrected chi connectivity index (χ3v) is 5.06. The lowest BCUT2D eigenvalue weighted by Gasteiger charge is -2.05. The van der Waals surface area contributed by atoms with Crippen molar-refractivity contribution in [2.75, 3.05) is 26.8 Å². The summed E-state index contributed by atoms with van der Waals surface area (Å²) >= 11 is 7.06. The quantitative estimate of drug-likeness (QED) is 0.781. The second kappa shape index (κ2) is 6.32. The van der Waals surface area contributed by atoms with Crippen LogP contribution in [-0.4, -0.2) is 26.8 Å². The molecule has 1 aliphatic carbocycles. The molecule has 2 unspecified atom stereocenters. The first-order valence-electron chi connectivity index (χ1n) is 5.87. The van der Waals surface area contributed by atoms with Crippen LogP contribution in [0.1, 0.15) is 17.9 Å². The topological polar surface area (TPSA) is 21.3 Å². The summed E-state index contributed by atoms with van der Waals surface area (Å²) in [5.74, 6) is 1.52. The van der Waals surface area contributed by atoms with Gasteiger partial charge in [0.15, 0.2) is 0 Å². The molecule has 2 rings (SSSR count). The van der Waals surface area contributed by atoms with Crippen LogP contribution in [0, 0.1) is 5.92 Å². The summed E-state index contributed by atoms with van der Waals surface area (Å²) in [6, 6.07) is 6.56. The predicted molar refractivity (Wildman–Crippen MR) is 77.4 cm³/mol. The second-order valence-corrected chi connectivity index (χ2v) is 6.18. The predicted octanol–water partition coefficient (Wildman–Crippen LogP) is 3.55. The van der Waals surface area contributed by atoms with E-state index in [-0.39, 0.29) is 0 Å². The van der Waals surface area contributed by atoms with Crippen LogP contribution in [0.3, 0.4) is 0 Å². The highest BCUT2D eigenvalue weighted by molar-refractivity contribution is 9.13. The van der Waals surface area contributed by atoms with Crippen molar-refractivity contribution in [1.29, 1.82) is 0 Å². The highest BCUT2D eigenvalue weighted by Gasteiger charge is 2.37. The molecule has 1 aromatic rings. The maximum Gasteiger partial charge on any atom is 0.0587 e. The van der Waals surface area contributed by atoms with E-state index >= 15 is 0 Å². The van der Waals surface area contributed by atoms with Gasteiger partial charge in [0, 0.05) is 22.6 Å². The van der Waals surface area contributed by atoms with Gasteiger partial charge in [-0.2, -0.15) is 0 Å². The zero-order chi connectivity index (χ0) is 12.3. The highest BCUT2D eigenvalue weighted by Crippen LogP contribution is 2.47. The Balaban J connectivity index is 1.79. The van der Waals surface area contributed by atoms with Crippen LogP contribution in [-0.2, 0) is 4.74 Å². The summed E-state index contributed by atoms with van der Waals surface area (Å²) in [4.78, 5) is 0. The largest absolute Gasteiger partial charge is 0.383 e. The van der Waals surface area contributed by atoms with Crippen LogP contribution in [0.15, 0.2) is 27.1 Å². The highest BCUT2D eigenvalue weighted by atomic mass is 79.9. The Labute approximate surface area is 119 Å². The monoisotopic (exact) mass is 361 g/mol. The lowest BCUT2D eigenvalue weighted by atomic mass is 10.1. The van der Waals surface area contributed by atoms with E-state index in [0.717, 1.165) is 40.5 Å². The van der Waals surface area contributed by atoms with Crippen LogP contribution in [0.5, 0.6) is 0 Å². The van der Waals surface area contributed by atoms with Gasteiger partial charge in [0.05, 0.1) is 6.61 Å². The first-order valence-corrected chi connectivity index (χ1v) is 7.45. The van der Waals surface area contributed by atoms with E-state index in [4.69, 9.17) is 4.74 Å². The van der Waals surface area contributed by atoms with Crippen LogP contribution >= 0.6 is 31.9 Å². The molecule has 0 radical (unpaired) electrons. The Morgan fingerprint density at radius 2 is 2.18 bits per heavy atom. The maximum absolute atomic E-state index is 5.01. The van der Waals surface area contributed by atoms with E-state index < -0.39 is 0 Å². The minimum Gasteiger partial charge on any atom is -0.383 e. The molecule has 0 saturated heterocycles. The SMILES string of the molecule is COCCNCC1CC1c1ccc(Br)c(Br)c1. The maximum atomic E-state index is 5.01. The molecule has 0 amide bonds. The molecular weight excluding hydrogens is 346 g/mol. The third-order valence-electron chi connectivity index (χ3n) is 3.18. The van der Waals surface area contributed by atoms with Crippen molar-refractivity contribution in [3.63, 3.8) is 0 Å². The average Bonchev–Trinajstić information content (AvgIpc) is 3.08. The van der Waals surface area contributed by atoms with Crippen molar-refractivity contribution in [3.05, 3.63) is 32.7 Å². The van der Waals surface area contributed by atoms with Gasteiger partial charge in [-0.1, -0.05) is 6.07 Å². The van der Waals surface area contributed by atoms with E-state index in [1.54, 1.807) is 7.11 Å². The molecule has 1 N–H and O–H groups in total. The zero-order valence-corrected chi connectivity index (χ0v) is 13.1. The van der Waals surface area contributed by atoms with E-state index in [9.17, 15) is 0 Å². The van der Waals surface area contributed by atoms with E-state index in [1.807, 2.05) is 0 Å². The first kappa shape index (κ1) is 13.5. The molecule has 2 atom stereocenters. The summed E-state index contributed by atoms with van der Waals surface area (Å²) < 4.78 is 7.28. The molecule has 0 aliphatic heterocycles. The minimum atomic E-state index is 0.731. The lowest BCUT2D eigenvalue weighted by Crippen LogP contribution is -2.21. The minimum absolute atomic E-state index is 0.731. The molecule has 2 nitrogen and oxygen atoms in total. The molecule has 94 valence electrons. The van der Waals surface area contributed by atoms with Gasteiger partial charge in [0.2, 0.25) is 0 Å².